The molecule has 0 bridgehead atoms. The van der Waals surface area contributed by atoms with E-state index in [-0.39, 0.29) is 5.97 Å². The van der Waals surface area contributed by atoms with Gasteiger partial charge in [0.25, 0.3) is 0 Å². The third-order valence-electron chi connectivity index (χ3n) is 6.76. The van der Waals surface area contributed by atoms with Gasteiger partial charge in [0.1, 0.15) is 5.82 Å². The molecule has 28 heavy (non-hydrogen) atoms. The summed E-state index contributed by atoms with van der Waals surface area (Å²) in [5, 5.41) is 0.641. The lowest BCUT2D eigenvalue weighted by molar-refractivity contribution is -0.164. The predicted molar refractivity (Wildman–Crippen MR) is 109 cm³/mol. The van der Waals surface area contributed by atoms with Crippen LogP contribution in [-0.4, -0.2) is 67.9 Å². The van der Waals surface area contributed by atoms with E-state index in [9.17, 15) is 4.79 Å². The molecule has 0 unspecified atom stereocenters. The number of nitrogens with zero attached hydrogens (tertiary/aromatic N) is 3. The molecule has 3 fully saturated rings. The van der Waals surface area contributed by atoms with Crippen molar-refractivity contribution in [1.82, 2.24) is 9.88 Å². The first-order valence-corrected chi connectivity index (χ1v) is 10.9. The van der Waals surface area contributed by atoms with Gasteiger partial charge in [-0.05, 0) is 50.7 Å². The Hall–Kier alpha value is -1.37. The number of fused-ring (bicyclic) bond motifs is 1. The lowest BCUT2D eigenvalue weighted by atomic mass is 9.61. The molecule has 3 heterocycles. The van der Waals surface area contributed by atoms with E-state index >= 15 is 0 Å². The zero-order valence-electron chi connectivity index (χ0n) is 16.6. The van der Waals surface area contributed by atoms with E-state index in [1.54, 1.807) is 6.20 Å². The molecule has 7 heteroatoms. The van der Waals surface area contributed by atoms with Crippen LogP contribution in [0.5, 0.6) is 0 Å². The zero-order chi connectivity index (χ0) is 19.6. The van der Waals surface area contributed by atoms with E-state index in [1.165, 1.54) is 0 Å². The van der Waals surface area contributed by atoms with Crippen molar-refractivity contribution < 1.29 is 14.3 Å². The first kappa shape index (κ1) is 19.9. The number of carbonyl (C=O) groups is 1. The van der Waals surface area contributed by atoms with Gasteiger partial charge in [0, 0.05) is 38.4 Å². The molecule has 3 aliphatic rings. The van der Waals surface area contributed by atoms with Gasteiger partial charge in [-0.15, -0.1) is 0 Å². The number of morpholine rings is 1. The highest BCUT2D eigenvalue weighted by Crippen LogP contribution is 2.49. The van der Waals surface area contributed by atoms with Crippen LogP contribution in [0.1, 0.15) is 32.6 Å². The third-order valence-corrected chi connectivity index (χ3v) is 7.06. The number of esters is 1. The lowest BCUT2D eigenvalue weighted by Crippen LogP contribution is -2.59. The van der Waals surface area contributed by atoms with Gasteiger partial charge >= 0.3 is 5.97 Å². The summed E-state index contributed by atoms with van der Waals surface area (Å²) < 4.78 is 11.1. The Labute approximate surface area is 172 Å². The minimum atomic E-state index is -0.460. The van der Waals surface area contributed by atoms with Crippen LogP contribution < -0.4 is 4.90 Å². The van der Waals surface area contributed by atoms with E-state index in [0.29, 0.717) is 30.1 Å². The van der Waals surface area contributed by atoms with Crippen molar-refractivity contribution in [3.63, 3.8) is 0 Å². The molecule has 0 radical (unpaired) electrons. The molecular formula is C21H30ClN3O3. The molecule has 6 nitrogen and oxygen atoms in total. The van der Waals surface area contributed by atoms with E-state index in [0.717, 1.165) is 64.3 Å². The number of anilines is 1. The topological polar surface area (TPSA) is 54.9 Å². The fraction of sp³-hybridized carbons (Fsp3) is 0.714. The summed E-state index contributed by atoms with van der Waals surface area (Å²) in [6.07, 6.45) is 5.67. The second-order valence-electron chi connectivity index (χ2n) is 8.17. The number of ether oxygens (including phenoxy) is 2. The van der Waals surface area contributed by atoms with Gasteiger partial charge in [0.15, 0.2) is 0 Å². The molecule has 0 aromatic carbocycles. The standard InChI is InChI=1S/C21H30ClN3O3/c1-2-28-20(26)21-7-5-17(24-10-12-27-13-11-24)14-16(21)6-9-25(15-21)19-18(22)4-3-8-23-19/h3-4,8,16-17H,2,5-7,9-15H2,1H3/t16-,17-,21-/m1/s1. The summed E-state index contributed by atoms with van der Waals surface area (Å²) in [7, 11) is 0. The first-order valence-electron chi connectivity index (χ1n) is 10.5. The largest absolute Gasteiger partial charge is 0.466 e. The van der Waals surface area contributed by atoms with E-state index in [2.05, 4.69) is 14.8 Å². The fourth-order valence-electron chi connectivity index (χ4n) is 5.31. The smallest absolute Gasteiger partial charge is 0.314 e. The SMILES string of the molecule is CCOC(=O)[C@@]12CC[C@@H](N3CCOCC3)C[C@H]1CCN(c1ncccc1Cl)C2. The molecule has 154 valence electrons. The number of carbonyl (C=O) groups excluding carboxylic acids is 1. The normalized spacial score (nSPS) is 31.3. The van der Waals surface area contributed by atoms with Gasteiger partial charge in [0.2, 0.25) is 0 Å². The summed E-state index contributed by atoms with van der Waals surface area (Å²) >= 11 is 6.40. The summed E-state index contributed by atoms with van der Waals surface area (Å²) in [4.78, 5) is 22.4. The van der Waals surface area contributed by atoms with Crippen LogP contribution in [0.15, 0.2) is 18.3 Å². The highest BCUT2D eigenvalue weighted by atomic mass is 35.5. The lowest BCUT2D eigenvalue weighted by Gasteiger charge is -2.52. The third kappa shape index (κ3) is 3.74. The van der Waals surface area contributed by atoms with Crippen molar-refractivity contribution in [2.24, 2.45) is 11.3 Å². The van der Waals surface area contributed by atoms with Crippen LogP contribution in [-0.2, 0) is 14.3 Å². The summed E-state index contributed by atoms with van der Waals surface area (Å²) in [6, 6.07) is 4.25. The summed E-state index contributed by atoms with van der Waals surface area (Å²) in [5.74, 6) is 1.07. The highest BCUT2D eigenvalue weighted by Gasteiger charge is 2.54. The van der Waals surface area contributed by atoms with E-state index in [1.807, 2.05) is 19.1 Å². The Kier molecular flexibility index (Phi) is 6.09. The fourth-order valence-corrected chi connectivity index (χ4v) is 5.55. The Morgan fingerprint density at radius 2 is 2.18 bits per heavy atom. The number of hydrogen-bond donors (Lipinski definition) is 0. The van der Waals surface area contributed by atoms with Gasteiger partial charge in [-0.3, -0.25) is 9.69 Å². The van der Waals surface area contributed by atoms with Gasteiger partial charge in [0.05, 0.1) is 30.3 Å². The Balaban J connectivity index is 1.56. The van der Waals surface area contributed by atoms with Crippen LogP contribution in [0.2, 0.25) is 5.02 Å². The number of rotatable bonds is 4. The number of pyridine rings is 1. The van der Waals surface area contributed by atoms with Gasteiger partial charge < -0.3 is 14.4 Å². The number of piperidine rings is 1. The predicted octanol–water partition coefficient (Wildman–Crippen LogP) is 3.00. The summed E-state index contributed by atoms with van der Waals surface area (Å²) in [5.41, 5.74) is -0.460. The average Bonchev–Trinajstić information content (AvgIpc) is 2.74. The van der Waals surface area contributed by atoms with Crippen LogP contribution >= 0.6 is 11.6 Å². The van der Waals surface area contributed by atoms with Crippen molar-refractivity contribution in [2.45, 2.75) is 38.6 Å². The second-order valence-corrected chi connectivity index (χ2v) is 8.58. The molecular weight excluding hydrogens is 378 g/mol. The maximum atomic E-state index is 13.2. The molecule has 2 aliphatic heterocycles. The maximum Gasteiger partial charge on any atom is 0.314 e. The van der Waals surface area contributed by atoms with Gasteiger partial charge in [-0.25, -0.2) is 4.98 Å². The minimum absolute atomic E-state index is 0.0443. The van der Waals surface area contributed by atoms with Crippen LogP contribution in [0, 0.1) is 11.3 Å². The average molecular weight is 408 g/mol. The molecule has 0 spiro atoms. The molecule has 0 N–H and O–H groups in total. The van der Waals surface area contributed by atoms with E-state index < -0.39 is 5.41 Å². The minimum Gasteiger partial charge on any atom is -0.466 e. The molecule has 1 aliphatic carbocycles. The highest BCUT2D eigenvalue weighted by molar-refractivity contribution is 6.32. The molecule has 1 saturated carbocycles. The van der Waals surface area contributed by atoms with Crippen LogP contribution in [0.3, 0.4) is 0 Å². The summed E-state index contributed by atoms with van der Waals surface area (Å²) in [6.45, 7) is 7.45. The number of halogens is 1. The number of hydrogen-bond acceptors (Lipinski definition) is 6. The Morgan fingerprint density at radius 1 is 1.36 bits per heavy atom. The molecule has 2 saturated heterocycles. The van der Waals surface area contributed by atoms with Crippen molar-refractivity contribution in [3.05, 3.63) is 23.4 Å². The van der Waals surface area contributed by atoms with E-state index in [4.69, 9.17) is 21.1 Å². The number of aromatic nitrogens is 1. The van der Waals surface area contributed by atoms with Crippen molar-refractivity contribution in [3.8, 4) is 0 Å². The Bertz CT molecular complexity index is 697. The van der Waals surface area contributed by atoms with Crippen molar-refractivity contribution >= 4 is 23.4 Å². The van der Waals surface area contributed by atoms with Crippen molar-refractivity contribution in [1.29, 1.82) is 0 Å². The van der Waals surface area contributed by atoms with Gasteiger partial charge in [-0.2, -0.15) is 0 Å². The molecule has 1 aromatic heterocycles. The quantitative estimate of drug-likeness (QED) is 0.715. The van der Waals surface area contributed by atoms with Crippen molar-refractivity contribution in [2.75, 3.05) is 50.9 Å². The first-order chi connectivity index (χ1) is 13.6. The monoisotopic (exact) mass is 407 g/mol. The van der Waals surface area contributed by atoms with Crippen LogP contribution in [0.25, 0.3) is 0 Å². The zero-order valence-corrected chi connectivity index (χ0v) is 17.4. The molecule has 4 rings (SSSR count). The molecule has 0 amide bonds. The maximum absolute atomic E-state index is 13.2. The molecule has 3 atom stereocenters. The molecule has 1 aromatic rings. The van der Waals surface area contributed by atoms with Crippen LogP contribution in [0.4, 0.5) is 5.82 Å². The van der Waals surface area contributed by atoms with Gasteiger partial charge in [-0.1, -0.05) is 11.6 Å². The second kappa shape index (κ2) is 8.56. The Morgan fingerprint density at radius 3 is 2.93 bits per heavy atom.